The van der Waals surface area contributed by atoms with Crippen molar-refractivity contribution in [3.05, 3.63) is 59.7 Å². The second-order valence-electron chi connectivity index (χ2n) is 4.03. The molecule has 1 amide bonds. The van der Waals surface area contributed by atoms with Crippen molar-refractivity contribution in [3.8, 4) is 5.75 Å². The Bertz CT molecular complexity index is 587. The standard InChI is InChI=1S/C14H13FN2O2/c15-11-3-1-2-10(8-11)4-7-17-14(19)12-5-6-16-9-13(12)18/h1-3,5-6,8-9,18H,4,7H2,(H,17,19). The van der Waals surface area contributed by atoms with E-state index in [2.05, 4.69) is 10.3 Å². The average Bonchev–Trinajstić information content (AvgIpc) is 2.39. The largest absolute Gasteiger partial charge is 0.505 e. The summed E-state index contributed by atoms with van der Waals surface area (Å²) in [4.78, 5) is 15.4. The highest BCUT2D eigenvalue weighted by atomic mass is 19.1. The molecule has 2 aromatic rings. The molecule has 4 nitrogen and oxygen atoms in total. The van der Waals surface area contributed by atoms with E-state index in [0.717, 1.165) is 5.56 Å². The number of rotatable bonds is 4. The summed E-state index contributed by atoms with van der Waals surface area (Å²) in [5, 5.41) is 12.1. The third-order valence-electron chi connectivity index (χ3n) is 2.63. The second-order valence-corrected chi connectivity index (χ2v) is 4.03. The molecule has 1 aromatic carbocycles. The van der Waals surface area contributed by atoms with E-state index >= 15 is 0 Å². The zero-order valence-corrected chi connectivity index (χ0v) is 10.1. The Morgan fingerprint density at radius 3 is 2.95 bits per heavy atom. The molecule has 5 heteroatoms. The van der Waals surface area contributed by atoms with Gasteiger partial charge in [0.25, 0.3) is 5.91 Å². The number of hydrogen-bond acceptors (Lipinski definition) is 3. The molecule has 0 radical (unpaired) electrons. The highest BCUT2D eigenvalue weighted by Gasteiger charge is 2.09. The fourth-order valence-electron chi connectivity index (χ4n) is 1.69. The third-order valence-corrected chi connectivity index (χ3v) is 2.63. The van der Waals surface area contributed by atoms with Crippen LogP contribution in [0.4, 0.5) is 4.39 Å². The quantitative estimate of drug-likeness (QED) is 0.882. The summed E-state index contributed by atoms with van der Waals surface area (Å²) in [6.07, 6.45) is 3.16. The molecule has 0 atom stereocenters. The van der Waals surface area contributed by atoms with Gasteiger partial charge in [-0.1, -0.05) is 12.1 Å². The van der Waals surface area contributed by atoms with Gasteiger partial charge in [-0.15, -0.1) is 0 Å². The molecule has 0 unspecified atom stereocenters. The van der Waals surface area contributed by atoms with Crippen LogP contribution in [0.2, 0.25) is 0 Å². The van der Waals surface area contributed by atoms with Gasteiger partial charge in [0.1, 0.15) is 11.6 Å². The van der Waals surface area contributed by atoms with Gasteiger partial charge in [0.15, 0.2) is 0 Å². The predicted octanol–water partition coefficient (Wildman–Crippen LogP) is 1.90. The summed E-state index contributed by atoms with van der Waals surface area (Å²) in [6.45, 7) is 0.365. The summed E-state index contributed by atoms with van der Waals surface area (Å²) in [5.41, 5.74) is 0.980. The minimum Gasteiger partial charge on any atom is -0.505 e. The molecule has 0 spiro atoms. The Hall–Kier alpha value is -2.43. The number of hydrogen-bond donors (Lipinski definition) is 2. The molecular weight excluding hydrogens is 247 g/mol. The van der Waals surface area contributed by atoms with E-state index in [-0.39, 0.29) is 23.0 Å². The van der Waals surface area contributed by atoms with Gasteiger partial charge in [-0.05, 0) is 30.2 Å². The predicted molar refractivity (Wildman–Crippen MR) is 68.3 cm³/mol. The van der Waals surface area contributed by atoms with Crippen LogP contribution in [0.3, 0.4) is 0 Å². The monoisotopic (exact) mass is 260 g/mol. The van der Waals surface area contributed by atoms with Gasteiger partial charge in [-0.3, -0.25) is 9.78 Å². The Morgan fingerprint density at radius 1 is 1.37 bits per heavy atom. The topological polar surface area (TPSA) is 62.2 Å². The maximum absolute atomic E-state index is 12.9. The first-order valence-electron chi connectivity index (χ1n) is 5.82. The summed E-state index contributed by atoms with van der Waals surface area (Å²) in [6, 6.07) is 7.65. The van der Waals surface area contributed by atoms with E-state index in [9.17, 15) is 14.3 Å². The van der Waals surface area contributed by atoms with Crippen LogP contribution < -0.4 is 5.32 Å². The van der Waals surface area contributed by atoms with E-state index in [1.807, 2.05) is 0 Å². The number of carbonyl (C=O) groups is 1. The molecular formula is C14H13FN2O2. The Kier molecular flexibility index (Phi) is 4.07. The van der Waals surface area contributed by atoms with Crippen LogP contribution in [0.25, 0.3) is 0 Å². The van der Waals surface area contributed by atoms with Crippen molar-refractivity contribution in [2.45, 2.75) is 6.42 Å². The van der Waals surface area contributed by atoms with Gasteiger partial charge in [0, 0.05) is 12.7 Å². The molecule has 0 saturated carbocycles. The molecule has 0 aliphatic heterocycles. The smallest absolute Gasteiger partial charge is 0.255 e. The number of halogens is 1. The number of nitrogens with one attached hydrogen (secondary N) is 1. The molecule has 0 bridgehead atoms. The van der Waals surface area contributed by atoms with Crippen LogP contribution >= 0.6 is 0 Å². The Morgan fingerprint density at radius 2 is 2.21 bits per heavy atom. The van der Waals surface area contributed by atoms with Crippen molar-refractivity contribution in [2.24, 2.45) is 0 Å². The van der Waals surface area contributed by atoms with Crippen molar-refractivity contribution in [1.82, 2.24) is 10.3 Å². The van der Waals surface area contributed by atoms with Crippen molar-refractivity contribution in [2.75, 3.05) is 6.54 Å². The van der Waals surface area contributed by atoms with E-state index in [1.54, 1.807) is 12.1 Å². The van der Waals surface area contributed by atoms with Crippen LogP contribution in [0.5, 0.6) is 5.75 Å². The van der Waals surface area contributed by atoms with Crippen LogP contribution in [0, 0.1) is 5.82 Å². The fourth-order valence-corrected chi connectivity index (χ4v) is 1.69. The number of benzene rings is 1. The van der Waals surface area contributed by atoms with E-state index < -0.39 is 0 Å². The molecule has 0 aliphatic rings. The first-order chi connectivity index (χ1) is 9.16. The minimum absolute atomic E-state index is 0.161. The lowest BCUT2D eigenvalue weighted by atomic mass is 10.1. The highest BCUT2D eigenvalue weighted by Crippen LogP contribution is 2.13. The zero-order chi connectivity index (χ0) is 13.7. The lowest BCUT2D eigenvalue weighted by Gasteiger charge is -2.06. The van der Waals surface area contributed by atoms with Crippen molar-refractivity contribution in [1.29, 1.82) is 0 Å². The summed E-state index contributed by atoms with van der Waals surface area (Å²) in [5.74, 6) is -0.835. The van der Waals surface area contributed by atoms with Crippen LogP contribution in [-0.2, 0) is 6.42 Å². The maximum Gasteiger partial charge on any atom is 0.255 e. The van der Waals surface area contributed by atoms with E-state index in [4.69, 9.17) is 0 Å². The van der Waals surface area contributed by atoms with Crippen molar-refractivity contribution >= 4 is 5.91 Å². The molecule has 0 aliphatic carbocycles. The lowest BCUT2D eigenvalue weighted by molar-refractivity contribution is 0.0951. The normalized spacial score (nSPS) is 10.2. The molecule has 0 fully saturated rings. The van der Waals surface area contributed by atoms with Crippen LogP contribution in [0.15, 0.2) is 42.7 Å². The van der Waals surface area contributed by atoms with Gasteiger partial charge < -0.3 is 10.4 Å². The summed E-state index contributed by atoms with van der Waals surface area (Å²) < 4.78 is 12.9. The SMILES string of the molecule is O=C(NCCc1cccc(F)c1)c1ccncc1O. The van der Waals surface area contributed by atoms with Gasteiger partial charge >= 0.3 is 0 Å². The molecule has 98 valence electrons. The Labute approximate surface area is 109 Å². The maximum atomic E-state index is 12.9. The van der Waals surface area contributed by atoms with Crippen LogP contribution in [0.1, 0.15) is 15.9 Å². The number of carbonyl (C=O) groups excluding carboxylic acids is 1. The first kappa shape index (κ1) is 13.0. The van der Waals surface area contributed by atoms with Gasteiger partial charge in [-0.2, -0.15) is 0 Å². The molecule has 1 heterocycles. The molecule has 2 rings (SSSR count). The van der Waals surface area contributed by atoms with Crippen molar-refractivity contribution in [3.63, 3.8) is 0 Å². The fraction of sp³-hybridized carbons (Fsp3) is 0.143. The van der Waals surface area contributed by atoms with E-state index in [0.29, 0.717) is 13.0 Å². The van der Waals surface area contributed by atoms with Gasteiger partial charge in [-0.25, -0.2) is 4.39 Å². The number of aromatic nitrogens is 1. The van der Waals surface area contributed by atoms with Crippen LogP contribution in [-0.4, -0.2) is 22.5 Å². The highest BCUT2D eigenvalue weighted by molar-refractivity contribution is 5.96. The third kappa shape index (κ3) is 3.51. The number of amides is 1. The summed E-state index contributed by atoms with van der Waals surface area (Å²) in [7, 11) is 0. The Balaban J connectivity index is 1.90. The molecule has 19 heavy (non-hydrogen) atoms. The average molecular weight is 260 g/mol. The molecule has 1 aromatic heterocycles. The van der Waals surface area contributed by atoms with Gasteiger partial charge in [0.2, 0.25) is 0 Å². The zero-order valence-electron chi connectivity index (χ0n) is 10.1. The minimum atomic E-state index is -0.378. The molecule has 2 N–H and O–H groups in total. The lowest BCUT2D eigenvalue weighted by Crippen LogP contribution is -2.25. The number of pyridine rings is 1. The van der Waals surface area contributed by atoms with Crippen molar-refractivity contribution < 1.29 is 14.3 Å². The molecule has 0 saturated heterocycles. The van der Waals surface area contributed by atoms with E-state index in [1.165, 1.54) is 30.6 Å². The first-order valence-corrected chi connectivity index (χ1v) is 5.82. The summed E-state index contributed by atoms with van der Waals surface area (Å²) >= 11 is 0. The number of aromatic hydroxyl groups is 1. The van der Waals surface area contributed by atoms with Gasteiger partial charge in [0.05, 0.1) is 11.8 Å². The second kappa shape index (κ2) is 5.95. The number of nitrogens with zero attached hydrogens (tertiary/aromatic N) is 1.